The molecule has 0 aromatic rings. The molecule has 10 heavy (non-hydrogen) atoms. The van der Waals surface area contributed by atoms with Gasteiger partial charge >= 0.3 is 0 Å². The first-order valence-corrected chi connectivity index (χ1v) is 2.61. The van der Waals surface area contributed by atoms with E-state index in [9.17, 15) is 8.78 Å². The van der Waals surface area contributed by atoms with Crippen LogP contribution in [0.2, 0.25) is 0 Å². The molecule has 0 saturated carbocycles. The summed E-state index contributed by atoms with van der Waals surface area (Å²) in [5.41, 5.74) is 2.67. The number of hydrogen-bond donors (Lipinski definition) is 2. The van der Waals surface area contributed by atoms with Crippen molar-refractivity contribution in [1.82, 2.24) is 0 Å². The molecule has 0 fully saturated rings. The average Bonchev–Trinajstić information content (AvgIpc) is 1.64. The second-order valence-corrected chi connectivity index (χ2v) is 2.47. The molecule has 5 heteroatoms. The van der Waals surface area contributed by atoms with Gasteiger partial charge in [-0.25, -0.2) is 8.78 Å². The van der Waals surface area contributed by atoms with Crippen LogP contribution in [0.15, 0.2) is 0 Å². The van der Waals surface area contributed by atoms with E-state index < -0.39 is 18.1 Å². The fourth-order valence-corrected chi connectivity index (χ4v) is 0.250. The van der Waals surface area contributed by atoms with Gasteiger partial charge in [0.25, 0.3) is 5.92 Å². The van der Waals surface area contributed by atoms with E-state index in [1.54, 1.807) is 0 Å². The van der Waals surface area contributed by atoms with Gasteiger partial charge in [0.15, 0.2) is 0 Å². The predicted octanol–water partition coefficient (Wildman–Crippen LogP) is 0.773. The van der Waals surface area contributed by atoms with Crippen molar-refractivity contribution in [1.29, 1.82) is 0 Å². The second-order valence-electron chi connectivity index (χ2n) is 2.47. The Bertz CT molecular complexity index is 102. The van der Waals surface area contributed by atoms with Gasteiger partial charge in [-0.2, -0.15) is 0 Å². The van der Waals surface area contributed by atoms with Crippen LogP contribution >= 0.6 is 12.4 Å². The van der Waals surface area contributed by atoms with E-state index >= 15 is 0 Å². The third-order valence-electron chi connectivity index (χ3n) is 1.15. The topological polar surface area (TPSA) is 46.2 Å². The molecule has 0 heterocycles. The summed E-state index contributed by atoms with van der Waals surface area (Å²) < 4.78 is 24.6. The highest BCUT2D eigenvalue weighted by molar-refractivity contribution is 5.85. The Kier molecular flexibility index (Phi) is 4.40. The number of halogens is 3. The first kappa shape index (κ1) is 12.7. The van der Waals surface area contributed by atoms with E-state index in [1.165, 1.54) is 0 Å². The quantitative estimate of drug-likeness (QED) is 0.652. The van der Waals surface area contributed by atoms with Gasteiger partial charge in [0.05, 0.1) is 6.54 Å². The zero-order valence-electron chi connectivity index (χ0n) is 5.90. The monoisotopic (exact) mass is 175 g/mol. The van der Waals surface area contributed by atoms with Crippen LogP contribution in [0, 0.1) is 0 Å². The van der Waals surface area contributed by atoms with Gasteiger partial charge in [-0.05, 0) is 13.8 Å². The molecular weight excluding hydrogens is 164 g/mol. The van der Waals surface area contributed by atoms with Crippen LogP contribution in [0.4, 0.5) is 8.78 Å². The molecule has 0 saturated heterocycles. The summed E-state index contributed by atoms with van der Waals surface area (Å²) in [7, 11) is 0. The SMILES string of the molecule is CC(C)(O)C(F)(F)CN.Cl. The summed E-state index contributed by atoms with van der Waals surface area (Å²) in [5.74, 6) is -3.19. The first-order chi connectivity index (χ1) is 3.81. The third kappa shape index (κ3) is 2.77. The van der Waals surface area contributed by atoms with Crippen molar-refractivity contribution in [3.05, 3.63) is 0 Å². The van der Waals surface area contributed by atoms with E-state index in [4.69, 9.17) is 5.11 Å². The smallest absolute Gasteiger partial charge is 0.287 e. The van der Waals surface area contributed by atoms with Gasteiger partial charge in [0, 0.05) is 0 Å². The molecule has 64 valence electrons. The van der Waals surface area contributed by atoms with Gasteiger partial charge in [-0.1, -0.05) is 0 Å². The Morgan fingerprint density at radius 3 is 1.70 bits per heavy atom. The Balaban J connectivity index is 0. The van der Waals surface area contributed by atoms with Gasteiger partial charge in [0.2, 0.25) is 0 Å². The standard InChI is InChI=1S/C5H11F2NO.ClH/c1-4(2,9)5(6,7)3-8;/h9H,3,8H2,1-2H3;1H. The zero-order chi connectivity index (χ0) is 7.71. The lowest BCUT2D eigenvalue weighted by Crippen LogP contribution is -2.48. The molecule has 0 unspecified atom stereocenters. The number of hydrogen-bond acceptors (Lipinski definition) is 2. The van der Waals surface area contributed by atoms with E-state index in [2.05, 4.69) is 5.73 Å². The molecule has 0 aromatic carbocycles. The van der Waals surface area contributed by atoms with Crippen LogP contribution in [0.25, 0.3) is 0 Å². The lowest BCUT2D eigenvalue weighted by Gasteiger charge is -2.27. The van der Waals surface area contributed by atoms with Gasteiger partial charge in [-0.3, -0.25) is 0 Å². The Labute approximate surface area is 64.8 Å². The minimum absolute atomic E-state index is 0. The van der Waals surface area contributed by atoms with E-state index in [0.717, 1.165) is 13.8 Å². The van der Waals surface area contributed by atoms with Crippen LogP contribution in [0.3, 0.4) is 0 Å². The summed E-state index contributed by atoms with van der Waals surface area (Å²) in [6, 6.07) is 0. The first-order valence-electron chi connectivity index (χ1n) is 2.61. The van der Waals surface area contributed by atoms with Crippen LogP contribution in [-0.2, 0) is 0 Å². The van der Waals surface area contributed by atoms with E-state index in [-0.39, 0.29) is 12.4 Å². The molecule has 0 aliphatic rings. The fourth-order valence-electron chi connectivity index (χ4n) is 0.250. The van der Waals surface area contributed by atoms with Crippen LogP contribution in [0.1, 0.15) is 13.8 Å². The second kappa shape index (κ2) is 3.46. The molecule has 0 aromatic heterocycles. The molecule has 0 aliphatic carbocycles. The van der Waals surface area contributed by atoms with Crippen molar-refractivity contribution in [2.75, 3.05) is 6.54 Å². The normalized spacial score (nSPS) is 12.6. The van der Waals surface area contributed by atoms with Crippen molar-refractivity contribution in [2.24, 2.45) is 5.73 Å². The Morgan fingerprint density at radius 2 is 1.70 bits per heavy atom. The Morgan fingerprint density at radius 1 is 1.40 bits per heavy atom. The molecular formula is C5H12ClF2NO. The summed E-state index contributed by atoms with van der Waals surface area (Å²) in [5, 5.41) is 8.72. The summed E-state index contributed by atoms with van der Waals surface area (Å²) in [6.45, 7) is 1.23. The molecule has 3 N–H and O–H groups in total. The largest absolute Gasteiger partial charge is 0.384 e. The minimum Gasteiger partial charge on any atom is -0.384 e. The van der Waals surface area contributed by atoms with E-state index in [1.807, 2.05) is 0 Å². The average molecular weight is 176 g/mol. The van der Waals surface area contributed by atoms with Crippen LogP contribution in [-0.4, -0.2) is 23.2 Å². The molecule has 0 bridgehead atoms. The van der Waals surface area contributed by atoms with Crippen molar-refractivity contribution in [3.8, 4) is 0 Å². The van der Waals surface area contributed by atoms with Crippen LogP contribution in [0.5, 0.6) is 0 Å². The number of nitrogens with two attached hydrogens (primary N) is 1. The molecule has 2 nitrogen and oxygen atoms in total. The fraction of sp³-hybridized carbons (Fsp3) is 1.00. The maximum atomic E-state index is 12.3. The lowest BCUT2D eigenvalue weighted by molar-refractivity contribution is -0.153. The highest BCUT2D eigenvalue weighted by Gasteiger charge is 2.43. The number of rotatable bonds is 2. The molecule has 0 radical (unpaired) electrons. The summed E-state index contributed by atoms with van der Waals surface area (Å²) in [4.78, 5) is 0. The van der Waals surface area contributed by atoms with Gasteiger partial charge in [0.1, 0.15) is 5.60 Å². The van der Waals surface area contributed by atoms with Crippen molar-refractivity contribution >= 4 is 12.4 Å². The third-order valence-corrected chi connectivity index (χ3v) is 1.15. The Hall–Kier alpha value is 0.0700. The molecule has 0 rings (SSSR count). The summed E-state index contributed by atoms with van der Waals surface area (Å²) in [6.07, 6.45) is 0. The maximum absolute atomic E-state index is 12.3. The lowest BCUT2D eigenvalue weighted by atomic mass is 10.0. The van der Waals surface area contributed by atoms with Gasteiger partial charge in [-0.15, -0.1) is 12.4 Å². The maximum Gasteiger partial charge on any atom is 0.287 e. The van der Waals surface area contributed by atoms with Crippen LogP contribution < -0.4 is 5.73 Å². The molecule has 0 atom stereocenters. The van der Waals surface area contributed by atoms with Crippen molar-refractivity contribution in [3.63, 3.8) is 0 Å². The summed E-state index contributed by atoms with van der Waals surface area (Å²) >= 11 is 0. The predicted molar refractivity (Wildman–Crippen MR) is 37.5 cm³/mol. The zero-order valence-corrected chi connectivity index (χ0v) is 6.71. The highest BCUT2D eigenvalue weighted by Crippen LogP contribution is 2.26. The molecule has 0 spiro atoms. The molecule has 0 aliphatic heterocycles. The number of alkyl halides is 2. The minimum atomic E-state index is -3.19. The van der Waals surface area contributed by atoms with Crippen molar-refractivity contribution < 1.29 is 13.9 Å². The highest BCUT2D eigenvalue weighted by atomic mass is 35.5. The van der Waals surface area contributed by atoms with Gasteiger partial charge < -0.3 is 10.8 Å². The van der Waals surface area contributed by atoms with E-state index in [0.29, 0.717) is 0 Å². The molecule has 0 amide bonds. The number of aliphatic hydroxyl groups is 1. The van der Waals surface area contributed by atoms with Crippen molar-refractivity contribution in [2.45, 2.75) is 25.4 Å².